The van der Waals surface area contributed by atoms with E-state index < -0.39 is 16.8 Å². The Labute approximate surface area is 156 Å². The van der Waals surface area contributed by atoms with Gasteiger partial charge in [-0.05, 0) is 35.9 Å². The summed E-state index contributed by atoms with van der Waals surface area (Å²) >= 11 is 0. The molecule has 142 valence electrons. The second-order valence-electron chi connectivity index (χ2n) is 5.90. The van der Waals surface area contributed by atoms with Crippen LogP contribution in [0.25, 0.3) is 6.08 Å². The van der Waals surface area contributed by atoms with Crippen molar-refractivity contribution in [1.29, 1.82) is 0 Å². The van der Waals surface area contributed by atoms with Crippen molar-refractivity contribution in [3.63, 3.8) is 0 Å². The first kappa shape index (κ1) is 19.9. The zero-order valence-electron chi connectivity index (χ0n) is 15.0. The molecule has 2 rings (SSSR count). The van der Waals surface area contributed by atoms with Gasteiger partial charge in [-0.2, -0.15) is 0 Å². The van der Waals surface area contributed by atoms with Gasteiger partial charge in [0.05, 0.1) is 30.8 Å². The Morgan fingerprint density at radius 3 is 2.56 bits per heavy atom. The number of nitrogens with zero attached hydrogens (tertiary/aromatic N) is 2. The van der Waals surface area contributed by atoms with Gasteiger partial charge in [0.1, 0.15) is 5.76 Å². The van der Waals surface area contributed by atoms with Gasteiger partial charge in [0, 0.05) is 24.8 Å². The highest BCUT2D eigenvalue weighted by molar-refractivity contribution is 5.92. The summed E-state index contributed by atoms with van der Waals surface area (Å²) in [6.45, 7) is 2.04. The molecule has 8 nitrogen and oxygen atoms in total. The lowest BCUT2D eigenvalue weighted by atomic mass is 10.1. The Morgan fingerprint density at radius 1 is 1.30 bits per heavy atom. The fourth-order valence-electron chi connectivity index (χ4n) is 2.41. The summed E-state index contributed by atoms with van der Waals surface area (Å²) in [5.74, 6) is -0.641. The number of nitro benzene ring substituents is 1. The van der Waals surface area contributed by atoms with Gasteiger partial charge in [0.15, 0.2) is 0 Å². The van der Waals surface area contributed by atoms with Crippen molar-refractivity contribution in [3.8, 4) is 0 Å². The fourth-order valence-corrected chi connectivity index (χ4v) is 2.41. The van der Waals surface area contributed by atoms with Crippen molar-refractivity contribution in [2.45, 2.75) is 13.5 Å². The normalized spacial score (nSPS) is 11.9. The molecular weight excluding hydrogens is 352 g/mol. The van der Waals surface area contributed by atoms with Crippen molar-refractivity contribution in [2.75, 3.05) is 13.7 Å². The van der Waals surface area contributed by atoms with Gasteiger partial charge in [-0.1, -0.05) is 6.92 Å². The van der Waals surface area contributed by atoms with E-state index in [0.717, 1.165) is 0 Å². The third-order valence-corrected chi connectivity index (χ3v) is 3.86. The van der Waals surface area contributed by atoms with Crippen LogP contribution in [0.4, 0.5) is 5.69 Å². The minimum absolute atomic E-state index is 0.0233. The van der Waals surface area contributed by atoms with E-state index in [9.17, 15) is 19.7 Å². The number of hydrogen-bond donors (Lipinski definition) is 0. The topological polar surface area (TPSA) is 103 Å². The van der Waals surface area contributed by atoms with Crippen LogP contribution < -0.4 is 0 Å². The first-order valence-corrected chi connectivity index (χ1v) is 8.22. The molecule has 1 atom stereocenters. The van der Waals surface area contributed by atoms with Crippen LogP contribution in [0.15, 0.2) is 53.2 Å². The number of methoxy groups -OCH3 is 1. The van der Waals surface area contributed by atoms with E-state index in [1.807, 2.05) is 0 Å². The number of amides is 1. The van der Waals surface area contributed by atoms with E-state index in [4.69, 9.17) is 9.15 Å². The summed E-state index contributed by atoms with van der Waals surface area (Å²) < 4.78 is 10.00. The van der Waals surface area contributed by atoms with Gasteiger partial charge < -0.3 is 14.1 Å². The van der Waals surface area contributed by atoms with Crippen molar-refractivity contribution in [2.24, 2.45) is 5.92 Å². The van der Waals surface area contributed by atoms with Crippen molar-refractivity contribution < 1.29 is 23.7 Å². The number of benzene rings is 1. The van der Waals surface area contributed by atoms with E-state index in [-0.39, 0.29) is 24.7 Å². The van der Waals surface area contributed by atoms with Crippen LogP contribution in [0, 0.1) is 16.0 Å². The number of furan rings is 1. The maximum atomic E-state index is 12.6. The van der Waals surface area contributed by atoms with Crippen LogP contribution >= 0.6 is 0 Å². The Bertz CT molecular complexity index is 811. The quantitative estimate of drug-likeness (QED) is 0.305. The minimum atomic E-state index is -0.498. The number of carbonyl (C=O) groups excluding carboxylic acids is 2. The molecule has 0 spiro atoms. The van der Waals surface area contributed by atoms with E-state index in [1.54, 1.807) is 37.3 Å². The van der Waals surface area contributed by atoms with Gasteiger partial charge in [-0.15, -0.1) is 0 Å². The molecule has 0 saturated carbocycles. The van der Waals surface area contributed by atoms with Gasteiger partial charge in [-0.25, -0.2) is 0 Å². The van der Waals surface area contributed by atoms with E-state index >= 15 is 0 Å². The monoisotopic (exact) mass is 372 g/mol. The molecule has 1 unspecified atom stereocenters. The van der Waals surface area contributed by atoms with Crippen LogP contribution in [-0.2, 0) is 20.9 Å². The Balaban J connectivity index is 2.11. The second-order valence-corrected chi connectivity index (χ2v) is 5.90. The molecule has 2 aromatic rings. The van der Waals surface area contributed by atoms with E-state index in [0.29, 0.717) is 11.3 Å². The van der Waals surface area contributed by atoms with Crippen LogP contribution in [0.5, 0.6) is 0 Å². The molecule has 0 fully saturated rings. The zero-order chi connectivity index (χ0) is 19.8. The summed E-state index contributed by atoms with van der Waals surface area (Å²) in [7, 11) is 1.30. The van der Waals surface area contributed by atoms with Crippen LogP contribution in [0.2, 0.25) is 0 Å². The summed E-state index contributed by atoms with van der Waals surface area (Å²) in [5.41, 5.74) is 0.623. The minimum Gasteiger partial charge on any atom is -0.469 e. The average molecular weight is 372 g/mol. The molecular formula is C19H20N2O6. The van der Waals surface area contributed by atoms with E-state index in [1.165, 1.54) is 36.5 Å². The van der Waals surface area contributed by atoms with E-state index in [2.05, 4.69) is 0 Å². The highest BCUT2D eigenvalue weighted by atomic mass is 16.6. The summed E-state index contributed by atoms with van der Waals surface area (Å²) in [5, 5.41) is 10.7. The highest BCUT2D eigenvalue weighted by Crippen LogP contribution is 2.14. The summed E-state index contributed by atoms with van der Waals surface area (Å²) in [6, 6.07) is 9.29. The smallest absolute Gasteiger partial charge is 0.310 e. The number of rotatable bonds is 8. The summed E-state index contributed by atoms with van der Waals surface area (Å²) in [6.07, 6.45) is 4.42. The predicted molar refractivity (Wildman–Crippen MR) is 97.4 cm³/mol. The predicted octanol–water partition coefficient (Wildman–Crippen LogP) is 3.04. The SMILES string of the molecule is COC(=O)C(C)CN(Cc1ccco1)C(=O)/C=C/c1ccc([N+](=O)[O-])cc1. The van der Waals surface area contributed by atoms with Crippen LogP contribution in [-0.4, -0.2) is 35.4 Å². The third kappa shape index (κ3) is 5.81. The molecule has 0 saturated heterocycles. The molecule has 0 bridgehead atoms. The Hall–Kier alpha value is -3.42. The van der Waals surface area contributed by atoms with Gasteiger partial charge in [0.25, 0.3) is 5.69 Å². The lowest BCUT2D eigenvalue weighted by molar-refractivity contribution is -0.384. The zero-order valence-corrected chi connectivity index (χ0v) is 15.0. The number of non-ortho nitro benzene ring substituents is 1. The van der Waals surface area contributed by atoms with Gasteiger partial charge in [-0.3, -0.25) is 19.7 Å². The molecule has 1 heterocycles. The largest absolute Gasteiger partial charge is 0.469 e. The lowest BCUT2D eigenvalue weighted by Crippen LogP contribution is -2.35. The van der Waals surface area contributed by atoms with Crippen molar-refractivity contribution in [3.05, 3.63) is 70.2 Å². The Morgan fingerprint density at radius 2 is 2.00 bits per heavy atom. The number of esters is 1. The molecule has 8 heteroatoms. The van der Waals surface area contributed by atoms with Gasteiger partial charge >= 0.3 is 5.97 Å². The number of nitro groups is 1. The van der Waals surface area contributed by atoms with Crippen molar-refractivity contribution in [1.82, 2.24) is 4.90 Å². The highest BCUT2D eigenvalue weighted by Gasteiger charge is 2.21. The van der Waals surface area contributed by atoms with Crippen LogP contribution in [0.3, 0.4) is 0 Å². The average Bonchev–Trinajstić information content (AvgIpc) is 3.18. The molecule has 1 aromatic heterocycles. The standard InChI is InChI=1S/C19H20N2O6/c1-14(19(23)26-2)12-20(13-17-4-3-11-27-17)18(22)10-7-15-5-8-16(9-6-15)21(24)25/h3-11,14H,12-13H2,1-2H3/b10-7+. The third-order valence-electron chi connectivity index (χ3n) is 3.86. The molecule has 0 aliphatic heterocycles. The molecule has 27 heavy (non-hydrogen) atoms. The maximum absolute atomic E-state index is 12.6. The molecule has 1 aromatic carbocycles. The fraction of sp³-hybridized carbons (Fsp3) is 0.263. The second kappa shape index (κ2) is 9.33. The number of carbonyl (C=O) groups is 2. The molecule has 0 N–H and O–H groups in total. The first-order chi connectivity index (χ1) is 12.9. The lowest BCUT2D eigenvalue weighted by Gasteiger charge is -2.23. The molecule has 1 amide bonds. The molecule has 0 aliphatic rings. The summed E-state index contributed by atoms with van der Waals surface area (Å²) in [4.78, 5) is 36.0. The van der Waals surface area contributed by atoms with Crippen LogP contribution in [0.1, 0.15) is 18.2 Å². The molecule has 0 aliphatic carbocycles. The number of hydrogen-bond acceptors (Lipinski definition) is 6. The van der Waals surface area contributed by atoms with Gasteiger partial charge in [0.2, 0.25) is 5.91 Å². The Kier molecular flexibility index (Phi) is 6.87. The first-order valence-electron chi connectivity index (χ1n) is 8.22. The maximum Gasteiger partial charge on any atom is 0.310 e. The van der Waals surface area contributed by atoms with Crippen molar-refractivity contribution >= 4 is 23.6 Å². The molecule has 0 radical (unpaired) electrons. The number of ether oxygens (including phenoxy) is 1.